The lowest BCUT2D eigenvalue weighted by Gasteiger charge is -2.17. The average Bonchev–Trinajstić information content (AvgIpc) is 3.32. The van der Waals surface area contributed by atoms with Crippen molar-refractivity contribution in [1.82, 2.24) is 20.0 Å². The first-order valence-electron chi connectivity index (χ1n) is 9.59. The molecule has 4 rings (SSSR count). The third-order valence-corrected chi connectivity index (χ3v) is 5.12. The zero-order valence-corrected chi connectivity index (χ0v) is 15.4. The maximum Gasteiger partial charge on any atom is 0.222 e. The summed E-state index contributed by atoms with van der Waals surface area (Å²) in [5, 5.41) is 7.54. The van der Waals surface area contributed by atoms with E-state index >= 15 is 0 Å². The van der Waals surface area contributed by atoms with Crippen LogP contribution in [0, 0.1) is 0 Å². The van der Waals surface area contributed by atoms with Crippen LogP contribution < -0.4 is 5.32 Å². The van der Waals surface area contributed by atoms with Crippen molar-refractivity contribution >= 4 is 5.95 Å². The van der Waals surface area contributed by atoms with Gasteiger partial charge in [0.2, 0.25) is 5.95 Å². The molecule has 7 nitrogen and oxygen atoms in total. The van der Waals surface area contributed by atoms with E-state index in [1.54, 1.807) is 0 Å². The summed E-state index contributed by atoms with van der Waals surface area (Å²) in [7, 11) is 2.09. The lowest BCUT2D eigenvalue weighted by molar-refractivity contribution is 0.120. The number of ether oxygens (including phenoxy) is 1. The Morgan fingerprint density at radius 1 is 1.15 bits per heavy atom. The van der Waals surface area contributed by atoms with Crippen molar-refractivity contribution < 1.29 is 9.26 Å². The highest BCUT2D eigenvalue weighted by Crippen LogP contribution is 2.25. The van der Waals surface area contributed by atoms with Gasteiger partial charge in [-0.2, -0.15) is 0 Å². The van der Waals surface area contributed by atoms with Crippen molar-refractivity contribution in [2.45, 2.75) is 57.7 Å². The molecule has 0 aromatic carbocycles. The molecule has 1 N–H and O–H groups in total. The van der Waals surface area contributed by atoms with Crippen LogP contribution >= 0.6 is 0 Å². The second-order valence-electron chi connectivity index (χ2n) is 7.34. The predicted molar refractivity (Wildman–Crippen MR) is 97.8 cm³/mol. The minimum absolute atomic E-state index is 0.290. The van der Waals surface area contributed by atoms with Crippen molar-refractivity contribution in [3.05, 3.63) is 35.0 Å². The molecule has 1 fully saturated rings. The average molecular weight is 357 g/mol. The van der Waals surface area contributed by atoms with Gasteiger partial charge in [-0.1, -0.05) is 5.16 Å². The van der Waals surface area contributed by atoms with E-state index in [2.05, 4.69) is 32.4 Å². The summed E-state index contributed by atoms with van der Waals surface area (Å²) in [6.07, 6.45) is 10.9. The Balaban J connectivity index is 1.28. The maximum atomic E-state index is 5.60. The van der Waals surface area contributed by atoms with E-state index < -0.39 is 0 Å². The number of nitrogens with zero attached hydrogens (tertiary/aromatic N) is 4. The van der Waals surface area contributed by atoms with Crippen molar-refractivity contribution in [1.29, 1.82) is 0 Å². The van der Waals surface area contributed by atoms with E-state index in [1.165, 1.54) is 18.4 Å². The van der Waals surface area contributed by atoms with Crippen LogP contribution in [0.4, 0.5) is 5.95 Å². The molecule has 0 unspecified atom stereocenters. The zero-order chi connectivity index (χ0) is 17.8. The number of nitrogens with one attached hydrogen (secondary N) is 1. The predicted octanol–water partition coefficient (Wildman–Crippen LogP) is 2.57. The highest BCUT2D eigenvalue weighted by Gasteiger charge is 2.20. The summed E-state index contributed by atoms with van der Waals surface area (Å²) in [5.74, 6) is 1.75. The molecule has 1 atom stereocenters. The molecule has 2 aromatic heterocycles. The van der Waals surface area contributed by atoms with Crippen LogP contribution in [0.25, 0.3) is 0 Å². The largest absolute Gasteiger partial charge is 0.376 e. The van der Waals surface area contributed by atoms with Gasteiger partial charge in [0, 0.05) is 56.2 Å². The van der Waals surface area contributed by atoms with Gasteiger partial charge in [0.05, 0.1) is 6.10 Å². The van der Waals surface area contributed by atoms with Gasteiger partial charge in [-0.25, -0.2) is 9.97 Å². The highest BCUT2D eigenvalue weighted by atomic mass is 16.5. The zero-order valence-electron chi connectivity index (χ0n) is 15.4. The summed E-state index contributed by atoms with van der Waals surface area (Å²) in [4.78, 5) is 11.1. The number of fused-ring (bicyclic) bond motifs is 1. The first kappa shape index (κ1) is 17.4. The number of anilines is 1. The lowest BCUT2D eigenvalue weighted by Crippen LogP contribution is -2.20. The third kappa shape index (κ3) is 4.22. The Labute approximate surface area is 154 Å². The molecule has 0 radical (unpaired) electrons. The summed E-state index contributed by atoms with van der Waals surface area (Å²) in [6.45, 7) is 3.22. The Morgan fingerprint density at radius 2 is 2.00 bits per heavy atom. The van der Waals surface area contributed by atoms with Crippen LogP contribution in [0.5, 0.6) is 0 Å². The van der Waals surface area contributed by atoms with Gasteiger partial charge in [0.25, 0.3) is 0 Å². The molecule has 0 amide bonds. The van der Waals surface area contributed by atoms with Crippen molar-refractivity contribution in [2.24, 2.45) is 0 Å². The number of aryl methyl sites for hydroxylation is 1. The standard InChI is InChI=1S/C19H27N5O2/c1-24(13-17-16-6-2-3-7-18(16)26-23-17)12-14-9-20-19(21-10-14)22-11-15-5-4-8-25-15/h9-10,15H,2-8,11-13H2,1H3,(H,20,21,22)/t15-/m0/s1. The van der Waals surface area contributed by atoms with Crippen LogP contribution in [0.2, 0.25) is 0 Å². The lowest BCUT2D eigenvalue weighted by atomic mass is 9.96. The minimum atomic E-state index is 0.290. The highest BCUT2D eigenvalue weighted by molar-refractivity contribution is 5.26. The van der Waals surface area contributed by atoms with Crippen LogP contribution in [0.15, 0.2) is 16.9 Å². The van der Waals surface area contributed by atoms with Gasteiger partial charge in [-0.3, -0.25) is 4.90 Å². The van der Waals surface area contributed by atoms with E-state index in [1.807, 2.05) is 12.4 Å². The fourth-order valence-corrected chi connectivity index (χ4v) is 3.73. The monoisotopic (exact) mass is 357 g/mol. The molecule has 26 heavy (non-hydrogen) atoms. The van der Waals surface area contributed by atoms with Crippen LogP contribution in [-0.2, 0) is 30.7 Å². The quantitative estimate of drug-likeness (QED) is 0.816. The van der Waals surface area contributed by atoms with Gasteiger partial charge >= 0.3 is 0 Å². The fourth-order valence-electron chi connectivity index (χ4n) is 3.73. The van der Waals surface area contributed by atoms with E-state index in [0.717, 1.165) is 68.9 Å². The van der Waals surface area contributed by atoms with Gasteiger partial charge in [0.1, 0.15) is 11.5 Å². The van der Waals surface area contributed by atoms with Crippen molar-refractivity contribution in [2.75, 3.05) is 25.5 Å². The number of hydrogen-bond donors (Lipinski definition) is 1. The van der Waals surface area contributed by atoms with Crippen molar-refractivity contribution in [3.63, 3.8) is 0 Å². The SMILES string of the molecule is CN(Cc1cnc(NC[C@@H]2CCCO2)nc1)Cc1noc2c1CCCC2. The normalized spacial score (nSPS) is 19.7. The molecule has 1 aliphatic carbocycles. The maximum absolute atomic E-state index is 5.60. The van der Waals surface area contributed by atoms with E-state index in [9.17, 15) is 0 Å². The second kappa shape index (κ2) is 8.14. The molecule has 7 heteroatoms. The first-order chi connectivity index (χ1) is 12.8. The summed E-state index contributed by atoms with van der Waals surface area (Å²) in [6, 6.07) is 0. The molecule has 2 aliphatic rings. The van der Waals surface area contributed by atoms with E-state index in [4.69, 9.17) is 9.26 Å². The molecular formula is C19H27N5O2. The summed E-state index contributed by atoms with van der Waals surface area (Å²) < 4.78 is 11.1. The molecule has 1 saturated heterocycles. The molecular weight excluding hydrogens is 330 g/mol. The molecule has 0 saturated carbocycles. The molecule has 1 aliphatic heterocycles. The van der Waals surface area contributed by atoms with E-state index in [0.29, 0.717) is 5.95 Å². The van der Waals surface area contributed by atoms with Crippen LogP contribution in [0.3, 0.4) is 0 Å². The Morgan fingerprint density at radius 3 is 2.81 bits per heavy atom. The second-order valence-corrected chi connectivity index (χ2v) is 7.34. The van der Waals surface area contributed by atoms with Crippen LogP contribution in [-0.4, -0.2) is 46.3 Å². The number of aromatic nitrogens is 3. The van der Waals surface area contributed by atoms with Gasteiger partial charge < -0.3 is 14.6 Å². The van der Waals surface area contributed by atoms with Crippen LogP contribution in [0.1, 0.15) is 48.3 Å². The Bertz CT molecular complexity index is 709. The third-order valence-electron chi connectivity index (χ3n) is 5.12. The van der Waals surface area contributed by atoms with Gasteiger partial charge in [-0.05, 0) is 39.2 Å². The van der Waals surface area contributed by atoms with Crippen molar-refractivity contribution in [3.8, 4) is 0 Å². The Hall–Kier alpha value is -1.99. The topological polar surface area (TPSA) is 76.3 Å². The Kier molecular flexibility index (Phi) is 5.45. The fraction of sp³-hybridized carbons (Fsp3) is 0.632. The number of rotatable bonds is 7. The van der Waals surface area contributed by atoms with Gasteiger partial charge in [-0.15, -0.1) is 0 Å². The molecule has 140 valence electrons. The molecule has 0 spiro atoms. The molecule has 2 aromatic rings. The molecule has 3 heterocycles. The molecule has 0 bridgehead atoms. The summed E-state index contributed by atoms with van der Waals surface area (Å²) >= 11 is 0. The first-order valence-corrected chi connectivity index (χ1v) is 9.59. The van der Waals surface area contributed by atoms with E-state index in [-0.39, 0.29) is 6.10 Å². The smallest absolute Gasteiger partial charge is 0.222 e. The minimum Gasteiger partial charge on any atom is -0.376 e. The summed E-state index contributed by atoms with van der Waals surface area (Å²) in [5.41, 5.74) is 3.50. The number of hydrogen-bond acceptors (Lipinski definition) is 7. The van der Waals surface area contributed by atoms with Gasteiger partial charge in [0.15, 0.2) is 0 Å².